The van der Waals surface area contributed by atoms with Gasteiger partial charge in [0.05, 0.1) is 34.9 Å². The summed E-state index contributed by atoms with van der Waals surface area (Å²) in [5.74, 6) is 0.377. The van der Waals surface area contributed by atoms with Gasteiger partial charge in [-0.25, -0.2) is 13.4 Å². The average Bonchev–Trinajstić information content (AvgIpc) is 3.19. The maximum atomic E-state index is 13.1. The Morgan fingerprint density at radius 3 is 2.44 bits per heavy atom. The molecule has 0 aliphatic rings. The van der Waals surface area contributed by atoms with Crippen LogP contribution in [0.3, 0.4) is 0 Å². The molecule has 0 fully saturated rings. The molecule has 0 aliphatic heterocycles. The number of thiazole rings is 1. The topological polar surface area (TPSA) is 97.8 Å². The van der Waals surface area contributed by atoms with Crippen LogP contribution in [0, 0.1) is 0 Å². The number of nitrogens with zero attached hydrogens (tertiary/aromatic N) is 2. The summed E-state index contributed by atoms with van der Waals surface area (Å²) in [5.41, 5.74) is 0.920. The van der Waals surface area contributed by atoms with E-state index in [1.165, 1.54) is 29.9 Å². The summed E-state index contributed by atoms with van der Waals surface area (Å²) < 4.78 is 38.9. The lowest BCUT2D eigenvalue weighted by Crippen LogP contribution is -2.32. The molecule has 0 saturated carbocycles. The van der Waals surface area contributed by atoms with E-state index >= 15 is 0 Å². The molecule has 172 valence electrons. The van der Waals surface area contributed by atoms with Gasteiger partial charge in [-0.3, -0.25) is 10.1 Å². The number of nitrogens with one attached hydrogen (secondary N) is 1. The molecule has 32 heavy (non-hydrogen) atoms. The summed E-state index contributed by atoms with van der Waals surface area (Å²) in [6.45, 7) is 4.86. The molecule has 1 heterocycles. The molecule has 0 aliphatic carbocycles. The zero-order chi connectivity index (χ0) is 23.3. The van der Waals surface area contributed by atoms with Crippen LogP contribution in [-0.2, 0) is 10.0 Å². The Morgan fingerprint density at radius 2 is 1.81 bits per heavy atom. The van der Waals surface area contributed by atoms with Crippen LogP contribution < -0.4 is 14.8 Å². The Bertz CT molecular complexity index is 1200. The first-order valence-electron chi connectivity index (χ1n) is 10.3. The van der Waals surface area contributed by atoms with Gasteiger partial charge in [-0.1, -0.05) is 31.3 Å². The Labute approximate surface area is 192 Å². The quantitative estimate of drug-likeness (QED) is 0.465. The smallest absolute Gasteiger partial charge is 0.261 e. The Hall–Kier alpha value is -2.69. The zero-order valence-electron chi connectivity index (χ0n) is 18.5. The SMILES string of the molecule is CCCN(CCC)S(=O)(=O)c1ccc2nc(NC(=O)c3cccc(OC)c3OC)sc2c1. The number of ether oxygens (including phenoxy) is 2. The minimum atomic E-state index is -3.60. The number of carbonyl (C=O) groups excluding carboxylic acids is 1. The molecular formula is C22H27N3O5S2. The normalized spacial score (nSPS) is 11.7. The maximum Gasteiger partial charge on any atom is 0.261 e. The first kappa shape index (κ1) is 24.0. The highest BCUT2D eigenvalue weighted by Crippen LogP contribution is 2.33. The molecule has 2 aromatic carbocycles. The second-order valence-corrected chi connectivity index (χ2v) is 10.0. The number of anilines is 1. The molecule has 1 amide bonds. The van der Waals surface area contributed by atoms with Gasteiger partial charge in [0.25, 0.3) is 5.91 Å². The fourth-order valence-electron chi connectivity index (χ4n) is 3.35. The van der Waals surface area contributed by atoms with Crippen molar-refractivity contribution in [1.29, 1.82) is 0 Å². The first-order chi connectivity index (χ1) is 15.3. The van der Waals surface area contributed by atoms with Crippen LogP contribution >= 0.6 is 11.3 Å². The van der Waals surface area contributed by atoms with E-state index in [0.29, 0.717) is 45.5 Å². The molecule has 1 aromatic heterocycles. The van der Waals surface area contributed by atoms with Gasteiger partial charge in [0.15, 0.2) is 16.6 Å². The number of methoxy groups -OCH3 is 2. The second kappa shape index (κ2) is 10.3. The van der Waals surface area contributed by atoms with Crippen molar-refractivity contribution in [3.8, 4) is 11.5 Å². The van der Waals surface area contributed by atoms with Gasteiger partial charge < -0.3 is 9.47 Å². The number of hydrogen-bond donors (Lipinski definition) is 1. The van der Waals surface area contributed by atoms with E-state index in [-0.39, 0.29) is 4.90 Å². The number of rotatable bonds is 10. The van der Waals surface area contributed by atoms with Gasteiger partial charge in [0.2, 0.25) is 10.0 Å². The molecular weight excluding hydrogens is 450 g/mol. The van der Waals surface area contributed by atoms with Crippen LogP contribution in [-0.4, -0.2) is 50.9 Å². The van der Waals surface area contributed by atoms with Crippen molar-refractivity contribution in [3.05, 3.63) is 42.0 Å². The van der Waals surface area contributed by atoms with Crippen LogP contribution in [0.1, 0.15) is 37.0 Å². The van der Waals surface area contributed by atoms with E-state index in [4.69, 9.17) is 9.47 Å². The minimum absolute atomic E-state index is 0.225. The molecule has 0 radical (unpaired) electrons. The molecule has 0 unspecified atom stereocenters. The molecule has 0 bridgehead atoms. The van der Waals surface area contributed by atoms with Gasteiger partial charge in [-0.05, 0) is 43.2 Å². The predicted molar refractivity (Wildman–Crippen MR) is 126 cm³/mol. The third-order valence-corrected chi connectivity index (χ3v) is 7.64. The number of fused-ring (bicyclic) bond motifs is 1. The number of carbonyl (C=O) groups is 1. The molecule has 0 atom stereocenters. The molecule has 10 heteroatoms. The maximum absolute atomic E-state index is 13.1. The highest BCUT2D eigenvalue weighted by atomic mass is 32.2. The zero-order valence-corrected chi connectivity index (χ0v) is 20.2. The molecule has 8 nitrogen and oxygen atoms in total. The molecule has 3 rings (SSSR count). The first-order valence-corrected chi connectivity index (χ1v) is 12.5. The van der Waals surface area contributed by atoms with Crippen LogP contribution in [0.2, 0.25) is 0 Å². The number of hydrogen-bond acceptors (Lipinski definition) is 7. The fraction of sp³-hybridized carbons (Fsp3) is 0.364. The lowest BCUT2D eigenvalue weighted by atomic mass is 10.1. The summed E-state index contributed by atoms with van der Waals surface area (Å²) in [7, 11) is -0.628. The van der Waals surface area contributed by atoms with E-state index in [2.05, 4.69) is 10.3 Å². The molecule has 1 N–H and O–H groups in total. The summed E-state index contributed by atoms with van der Waals surface area (Å²) in [6, 6.07) is 9.87. The fourth-order valence-corrected chi connectivity index (χ4v) is 5.97. The van der Waals surface area contributed by atoms with E-state index < -0.39 is 15.9 Å². The number of amides is 1. The molecule has 0 spiro atoms. The van der Waals surface area contributed by atoms with E-state index in [1.807, 2.05) is 13.8 Å². The van der Waals surface area contributed by atoms with Crippen molar-refractivity contribution in [2.24, 2.45) is 0 Å². The largest absolute Gasteiger partial charge is 0.493 e. The van der Waals surface area contributed by atoms with Crippen molar-refractivity contribution in [3.63, 3.8) is 0 Å². The van der Waals surface area contributed by atoms with Crippen molar-refractivity contribution < 1.29 is 22.7 Å². The third-order valence-electron chi connectivity index (χ3n) is 4.81. The van der Waals surface area contributed by atoms with Crippen molar-refractivity contribution in [1.82, 2.24) is 9.29 Å². The molecule has 0 saturated heterocycles. The Balaban J connectivity index is 1.89. The third kappa shape index (κ3) is 4.87. The summed E-state index contributed by atoms with van der Waals surface area (Å²) in [6.07, 6.45) is 1.48. The van der Waals surface area contributed by atoms with Gasteiger partial charge in [-0.15, -0.1) is 0 Å². The number of para-hydroxylation sites is 1. The summed E-state index contributed by atoms with van der Waals surface area (Å²) in [4.78, 5) is 17.5. The average molecular weight is 478 g/mol. The van der Waals surface area contributed by atoms with Crippen molar-refractivity contribution in [2.75, 3.05) is 32.6 Å². The summed E-state index contributed by atoms with van der Waals surface area (Å²) >= 11 is 1.21. The standard InChI is InChI=1S/C22H27N3O5S2/c1-5-12-25(13-6-2)32(27,28)15-10-11-17-19(14-15)31-22(23-17)24-21(26)16-8-7-9-18(29-3)20(16)30-4/h7-11,14H,5-6,12-13H2,1-4H3,(H,23,24,26). The van der Waals surface area contributed by atoms with Crippen LogP contribution in [0.15, 0.2) is 41.3 Å². The second-order valence-electron chi connectivity index (χ2n) is 7.05. The minimum Gasteiger partial charge on any atom is -0.493 e. The van der Waals surface area contributed by atoms with Gasteiger partial charge in [0, 0.05) is 13.1 Å². The van der Waals surface area contributed by atoms with E-state index in [0.717, 1.165) is 12.8 Å². The van der Waals surface area contributed by atoms with Crippen LogP contribution in [0.4, 0.5) is 5.13 Å². The number of aromatic nitrogens is 1. The van der Waals surface area contributed by atoms with E-state index in [9.17, 15) is 13.2 Å². The van der Waals surface area contributed by atoms with Crippen LogP contribution in [0.5, 0.6) is 11.5 Å². The number of sulfonamides is 1. The van der Waals surface area contributed by atoms with Crippen molar-refractivity contribution in [2.45, 2.75) is 31.6 Å². The highest BCUT2D eigenvalue weighted by molar-refractivity contribution is 7.89. The predicted octanol–water partition coefficient (Wildman–Crippen LogP) is 4.38. The van der Waals surface area contributed by atoms with Gasteiger partial charge in [0.1, 0.15) is 0 Å². The van der Waals surface area contributed by atoms with Gasteiger partial charge in [-0.2, -0.15) is 4.31 Å². The Kier molecular flexibility index (Phi) is 7.70. The lowest BCUT2D eigenvalue weighted by Gasteiger charge is -2.20. The number of benzene rings is 2. The van der Waals surface area contributed by atoms with Gasteiger partial charge >= 0.3 is 0 Å². The summed E-state index contributed by atoms with van der Waals surface area (Å²) in [5, 5.41) is 3.13. The van der Waals surface area contributed by atoms with E-state index in [1.54, 1.807) is 36.4 Å². The lowest BCUT2D eigenvalue weighted by molar-refractivity contribution is 0.102. The monoisotopic (exact) mass is 477 g/mol. The highest BCUT2D eigenvalue weighted by Gasteiger charge is 2.24. The Morgan fingerprint density at radius 1 is 1.09 bits per heavy atom. The molecule has 3 aromatic rings. The van der Waals surface area contributed by atoms with Crippen LogP contribution in [0.25, 0.3) is 10.2 Å². The van der Waals surface area contributed by atoms with Crippen molar-refractivity contribution >= 4 is 42.6 Å².